The molecule has 5 atom stereocenters. The van der Waals surface area contributed by atoms with E-state index in [0.29, 0.717) is 0 Å². The van der Waals surface area contributed by atoms with Crippen LogP contribution in [0.25, 0.3) is 0 Å². The van der Waals surface area contributed by atoms with Crippen molar-refractivity contribution >= 4 is 7.60 Å². The molecule has 148 valence electrons. The Kier molecular flexibility index (Phi) is 6.89. The van der Waals surface area contributed by atoms with E-state index in [2.05, 4.69) is 0 Å². The number of aromatic amines is 1. The van der Waals surface area contributed by atoms with Gasteiger partial charge in [-0.1, -0.05) is 0 Å². The van der Waals surface area contributed by atoms with Crippen LogP contribution in [0.3, 0.4) is 0 Å². The van der Waals surface area contributed by atoms with E-state index in [1.54, 1.807) is 0 Å². The maximum Gasteiger partial charge on any atom is 0.364 e. The minimum absolute atomic E-state index is 0.0379. The molecule has 10 nitrogen and oxygen atoms in total. The molecule has 0 saturated carbocycles. The normalized spacial score (nSPS) is 27.6. The van der Waals surface area contributed by atoms with Crippen LogP contribution in [0, 0.1) is 0 Å². The van der Waals surface area contributed by atoms with Gasteiger partial charge in [-0.2, -0.15) is 0 Å². The van der Waals surface area contributed by atoms with E-state index in [4.69, 9.17) is 13.8 Å². The number of H-pyrrole nitrogens is 1. The Morgan fingerprint density at radius 3 is 2.46 bits per heavy atom. The molecular formula is C14H22FN2O8P. The van der Waals surface area contributed by atoms with Crippen molar-refractivity contribution in [2.45, 2.75) is 50.7 Å². The maximum absolute atomic E-state index is 14.5. The van der Waals surface area contributed by atoms with E-state index >= 15 is 0 Å². The molecule has 2 rings (SSSR count). The van der Waals surface area contributed by atoms with Gasteiger partial charge in [0.15, 0.2) is 6.23 Å². The molecule has 1 fully saturated rings. The molecule has 26 heavy (non-hydrogen) atoms. The second kappa shape index (κ2) is 8.55. The van der Waals surface area contributed by atoms with Crippen LogP contribution in [0.4, 0.5) is 4.39 Å². The molecule has 0 bridgehead atoms. The lowest BCUT2D eigenvalue weighted by Gasteiger charge is -2.23. The summed E-state index contributed by atoms with van der Waals surface area (Å²) in [6, 6.07) is 1.04. The molecule has 0 spiro atoms. The van der Waals surface area contributed by atoms with Crippen molar-refractivity contribution in [3.63, 3.8) is 0 Å². The monoisotopic (exact) mass is 396 g/mol. The molecular weight excluding hydrogens is 374 g/mol. The number of halogens is 1. The summed E-state index contributed by atoms with van der Waals surface area (Å²) < 4.78 is 43.0. The second-order valence-electron chi connectivity index (χ2n) is 5.61. The van der Waals surface area contributed by atoms with Gasteiger partial charge in [-0.3, -0.25) is 18.9 Å². The van der Waals surface area contributed by atoms with Crippen molar-refractivity contribution in [3.05, 3.63) is 33.1 Å². The molecule has 0 radical (unpaired) electrons. The summed E-state index contributed by atoms with van der Waals surface area (Å²) in [7, 11) is -4.07. The Morgan fingerprint density at radius 1 is 1.31 bits per heavy atom. The highest BCUT2D eigenvalue weighted by molar-refractivity contribution is 7.54. The van der Waals surface area contributed by atoms with E-state index in [1.807, 2.05) is 4.98 Å². The molecule has 1 aromatic heterocycles. The predicted octanol–water partition coefficient (Wildman–Crippen LogP) is 0.108. The number of aromatic nitrogens is 2. The first-order chi connectivity index (χ1) is 12.2. The molecule has 1 unspecified atom stereocenters. The van der Waals surface area contributed by atoms with Crippen LogP contribution in [0.5, 0.6) is 0 Å². The summed E-state index contributed by atoms with van der Waals surface area (Å²) >= 11 is 0. The van der Waals surface area contributed by atoms with Crippen LogP contribution in [0.15, 0.2) is 21.9 Å². The first-order valence-electron chi connectivity index (χ1n) is 8.09. The van der Waals surface area contributed by atoms with Crippen molar-refractivity contribution in [1.82, 2.24) is 9.55 Å². The van der Waals surface area contributed by atoms with Gasteiger partial charge >= 0.3 is 13.3 Å². The third-order valence-electron chi connectivity index (χ3n) is 3.85. The van der Waals surface area contributed by atoms with Crippen LogP contribution in [-0.2, 0) is 18.3 Å². The summed E-state index contributed by atoms with van der Waals surface area (Å²) in [5.41, 5.74) is -1.51. The van der Waals surface area contributed by atoms with Crippen LogP contribution in [-0.4, -0.2) is 57.2 Å². The molecule has 12 heteroatoms. The van der Waals surface area contributed by atoms with Crippen molar-refractivity contribution < 1.29 is 33.0 Å². The van der Waals surface area contributed by atoms with E-state index < -0.39 is 55.7 Å². The fraction of sp³-hybridized carbons (Fsp3) is 0.714. The number of aliphatic hydroxyl groups is 2. The Morgan fingerprint density at radius 2 is 1.92 bits per heavy atom. The van der Waals surface area contributed by atoms with Crippen LogP contribution in [0.1, 0.15) is 26.5 Å². The van der Waals surface area contributed by atoms with Crippen LogP contribution < -0.4 is 11.2 Å². The lowest BCUT2D eigenvalue weighted by Crippen LogP contribution is -2.37. The van der Waals surface area contributed by atoms with Gasteiger partial charge in [-0.05, 0) is 13.8 Å². The summed E-state index contributed by atoms with van der Waals surface area (Å²) in [6.07, 6.45) is -5.21. The predicted molar refractivity (Wildman–Crippen MR) is 87.6 cm³/mol. The van der Waals surface area contributed by atoms with Gasteiger partial charge in [0.25, 0.3) is 5.56 Å². The molecule has 1 aliphatic rings. The summed E-state index contributed by atoms with van der Waals surface area (Å²) in [5, 5.41) is 20.2. The van der Waals surface area contributed by atoms with Gasteiger partial charge < -0.3 is 24.0 Å². The van der Waals surface area contributed by atoms with Gasteiger partial charge in [0, 0.05) is 18.7 Å². The zero-order valence-corrected chi connectivity index (χ0v) is 15.2. The number of hydrogen-bond acceptors (Lipinski definition) is 8. The molecule has 2 heterocycles. The summed E-state index contributed by atoms with van der Waals surface area (Å²) in [4.78, 5) is 24.9. The number of hydrogen-bond donors (Lipinski definition) is 3. The third kappa shape index (κ3) is 4.30. The first-order valence-corrected chi connectivity index (χ1v) is 9.70. The number of aliphatic hydroxyl groups excluding tert-OH is 2. The molecule has 0 aliphatic carbocycles. The van der Waals surface area contributed by atoms with E-state index in [-0.39, 0.29) is 13.2 Å². The number of alkyl halides is 1. The lowest BCUT2D eigenvalue weighted by atomic mass is 10.1. The zero-order valence-electron chi connectivity index (χ0n) is 14.3. The Bertz CT molecular complexity index is 758. The molecule has 1 aliphatic heterocycles. The molecule has 1 saturated heterocycles. The molecule has 3 N–H and O–H groups in total. The Labute approximate surface area is 148 Å². The largest absolute Gasteiger partial charge is 0.388 e. The van der Waals surface area contributed by atoms with Crippen molar-refractivity contribution in [3.8, 4) is 0 Å². The quantitative estimate of drug-likeness (QED) is 0.526. The lowest BCUT2D eigenvalue weighted by molar-refractivity contribution is -0.0454. The number of nitrogens with zero attached hydrogens (tertiary/aromatic N) is 1. The van der Waals surface area contributed by atoms with Crippen molar-refractivity contribution in [2.24, 2.45) is 0 Å². The van der Waals surface area contributed by atoms with E-state index in [9.17, 15) is 28.8 Å². The van der Waals surface area contributed by atoms with Crippen LogP contribution >= 0.6 is 7.60 Å². The fourth-order valence-electron chi connectivity index (χ4n) is 2.66. The number of nitrogens with one attached hydrogen (secondary N) is 1. The number of ether oxygens (including phenoxy) is 1. The van der Waals surface area contributed by atoms with Crippen LogP contribution in [0.2, 0.25) is 0 Å². The Hall–Kier alpha value is -1.36. The minimum atomic E-state index is -4.07. The fourth-order valence-corrected chi connectivity index (χ4v) is 4.24. The summed E-state index contributed by atoms with van der Waals surface area (Å²) in [6.45, 7) is 2.98. The highest BCUT2D eigenvalue weighted by Crippen LogP contribution is 2.55. The van der Waals surface area contributed by atoms with Gasteiger partial charge in [0.2, 0.25) is 5.91 Å². The average molecular weight is 396 g/mol. The van der Waals surface area contributed by atoms with Crippen molar-refractivity contribution in [2.75, 3.05) is 13.2 Å². The van der Waals surface area contributed by atoms with E-state index in [0.717, 1.165) is 16.8 Å². The topological polar surface area (TPSA) is 140 Å². The maximum atomic E-state index is 14.5. The molecule has 0 amide bonds. The van der Waals surface area contributed by atoms with Crippen molar-refractivity contribution in [1.29, 1.82) is 0 Å². The van der Waals surface area contributed by atoms with Gasteiger partial charge in [0.05, 0.1) is 19.3 Å². The first kappa shape index (κ1) is 20.9. The summed E-state index contributed by atoms with van der Waals surface area (Å²) in [5.74, 6) is -2.10. The smallest absolute Gasteiger partial charge is 0.364 e. The Balaban J connectivity index is 2.17. The highest BCUT2D eigenvalue weighted by atomic mass is 31.2. The zero-order chi connectivity index (χ0) is 19.5. The SMILES string of the molecule is CCOP(=O)(OCC)C(F)C[C@H]1O[C@@H](n2ccc(=O)[nH]c2=O)[C@H](O)[C@@H]1O. The average Bonchev–Trinajstić information content (AvgIpc) is 2.84. The van der Waals surface area contributed by atoms with E-state index in [1.165, 1.54) is 13.8 Å². The number of rotatable bonds is 8. The third-order valence-corrected chi connectivity index (χ3v) is 5.98. The van der Waals surface area contributed by atoms with Gasteiger partial charge in [0.1, 0.15) is 12.2 Å². The molecule has 1 aromatic rings. The minimum Gasteiger partial charge on any atom is -0.388 e. The molecule has 0 aromatic carbocycles. The van der Waals surface area contributed by atoms with Gasteiger partial charge in [-0.25, -0.2) is 9.18 Å². The highest BCUT2D eigenvalue weighted by Gasteiger charge is 2.48. The van der Waals surface area contributed by atoms with Gasteiger partial charge in [-0.15, -0.1) is 0 Å². The second-order valence-corrected chi connectivity index (χ2v) is 7.77. The standard InChI is InChI=1S/C14H22FN2O8P/c1-3-23-26(22,24-4-2)9(15)7-8-11(19)12(20)13(25-8)17-6-5-10(18)16-14(17)21/h5-6,8-9,11-13,19-20H,3-4,7H2,1-2H3,(H,16,18,21)/t8-,9?,11-,12-,13-/m1/s1.